The summed E-state index contributed by atoms with van der Waals surface area (Å²) < 4.78 is 5.40. The number of carbonyl (C=O) groups is 1. The summed E-state index contributed by atoms with van der Waals surface area (Å²) in [5, 5.41) is 3.21. The molecule has 2 aromatic rings. The molecule has 0 bridgehead atoms. The molecule has 1 saturated heterocycles. The minimum absolute atomic E-state index is 0.0869. The summed E-state index contributed by atoms with van der Waals surface area (Å²) in [6.45, 7) is 2.86. The number of amides is 1. The highest BCUT2D eigenvalue weighted by atomic mass is 16.5. The van der Waals surface area contributed by atoms with Crippen molar-refractivity contribution >= 4 is 5.91 Å². The fraction of sp³-hybridized carbons (Fsp3) is 0.474. The molecule has 0 unspecified atom stereocenters. The Bertz CT molecular complexity index is 768. The lowest BCUT2D eigenvalue weighted by Crippen LogP contribution is -2.40. The molecule has 2 atom stereocenters. The van der Waals surface area contributed by atoms with Crippen LogP contribution in [0.2, 0.25) is 0 Å². The van der Waals surface area contributed by atoms with Crippen LogP contribution < -0.4 is 10.1 Å². The Morgan fingerprint density at radius 3 is 2.88 bits per heavy atom. The van der Waals surface area contributed by atoms with Gasteiger partial charge in [0.2, 0.25) is 0 Å². The molecule has 1 aliphatic heterocycles. The molecule has 1 aromatic heterocycles. The van der Waals surface area contributed by atoms with Crippen molar-refractivity contribution in [2.45, 2.75) is 44.3 Å². The number of ether oxygens (including phenoxy) is 1. The van der Waals surface area contributed by atoms with Crippen molar-refractivity contribution in [3.05, 3.63) is 47.5 Å². The van der Waals surface area contributed by atoms with Gasteiger partial charge in [0.25, 0.3) is 5.91 Å². The minimum Gasteiger partial charge on any atom is -0.497 e. The highest BCUT2D eigenvalue weighted by molar-refractivity contribution is 5.92. The highest BCUT2D eigenvalue weighted by Crippen LogP contribution is 2.41. The van der Waals surface area contributed by atoms with E-state index in [9.17, 15) is 4.79 Å². The Hall–Kier alpha value is -2.34. The van der Waals surface area contributed by atoms with Crippen molar-refractivity contribution in [3.8, 4) is 5.75 Å². The van der Waals surface area contributed by atoms with Crippen molar-refractivity contribution in [1.82, 2.24) is 20.2 Å². The van der Waals surface area contributed by atoms with Crippen LogP contribution in [-0.2, 0) is 0 Å². The van der Waals surface area contributed by atoms with E-state index in [0.717, 1.165) is 24.5 Å². The SMILES string of the molecule is COc1cccc([C@@H]2[C@H](NC(=O)c3cnc(C)[nH]3)CCN2C2CC2)c1. The molecule has 1 amide bonds. The molecule has 1 aromatic carbocycles. The van der Waals surface area contributed by atoms with E-state index in [0.29, 0.717) is 11.7 Å². The summed E-state index contributed by atoms with van der Waals surface area (Å²) in [6.07, 6.45) is 5.05. The van der Waals surface area contributed by atoms with Crippen LogP contribution in [0, 0.1) is 6.92 Å². The molecule has 6 heteroatoms. The smallest absolute Gasteiger partial charge is 0.269 e. The maximum absolute atomic E-state index is 12.6. The zero-order valence-corrected chi connectivity index (χ0v) is 14.7. The zero-order valence-electron chi connectivity index (χ0n) is 14.7. The van der Waals surface area contributed by atoms with E-state index in [4.69, 9.17) is 4.74 Å². The predicted molar refractivity (Wildman–Crippen MR) is 94.7 cm³/mol. The van der Waals surface area contributed by atoms with Gasteiger partial charge in [-0.25, -0.2) is 4.98 Å². The van der Waals surface area contributed by atoms with Crippen LogP contribution in [0.4, 0.5) is 0 Å². The molecule has 132 valence electrons. The molecule has 2 aliphatic rings. The maximum atomic E-state index is 12.6. The molecule has 2 N–H and O–H groups in total. The van der Waals surface area contributed by atoms with E-state index in [1.807, 2.05) is 19.1 Å². The van der Waals surface area contributed by atoms with Crippen LogP contribution in [0.5, 0.6) is 5.75 Å². The van der Waals surface area contributed by atoms with Gasteiger partial charge in [0, 0.05) is 12.6 Å². The summed E-state index contributed by atoms with van der Waals surface area (Å²) in [7, 11) is 1.69. The standard InChI is InChI=1S/C19H24N4O2/c1-12-20-11-17(21-12)19(24)22-16-8-9-23(14-6-7-14)18(16)13-4-3-5-15(10-13)25-2/h3-5,10-11,14,16,18H,6-9H2,1-2H3,(H,20,21)(H,22,24)/t16-,18-/m1/s1. The van der Waals surface area contributed by atoms with Crippen molar-refractivity contribution in [3.63, 3.8) is 0 Å². The first-order valence-corrected chi connectivity index (χ1v) is 8.88. The maximum Gasteiger partial charge on any atom is 0.269 e. The third kappa shape index (κ3) is 3.26. The van der Waals surface area contributed by atoms with Crippen LogP contribution in [0.25, 0.3) is 0 Å². The fourth-order valence-electron chi connectivity index (χ4n) is 3.81. The van der Waals surface area contributed by atoms with Gasteiger partial charge in [-0.05, 0) is 43.9 Å². The van der Waals surface area contributed by atoms with E-state index in [1.54, 1.807) is 13.3 Å². The van der Waals surface area contributed by atoms with Gasteiger partial charge in [0.05, 0.1) is 25.4 Å². The Morgan fingerprint density at radius 1 is 1.36 bits per heavy atom. The van der Waals surface area contributed by atoms with E-state index in [1.165, 1.54) is 18.4 Å². The van der Waals surface area contributed by atoms with E-state index < -0.39 is 0 Å². The number of likely N-dealkylation sites (tertiary alicyclic amines) is 1. The second-order valence-electron chi connectivity index (χ2n) is 6.94. The van der Waals surface area contributed by atoms with E-state index in [2.05, 4.69) is 32.3 Å². The highest BCUT2D eigenvalue weighted by Gasteiger charge is 2.43. The van der Waals surface area contributed by atoms with Gasteiger partial charge in [-0.2, -0.15) is 0 Å². The van der Waals surface area contributed by atoms with Crippen LogP contribution in [0.3, 0.4) is 0 Å². The Morgan fingerprint density at radius 2 is 2.20 bits per heavy atom. The molecule has 6 nitrogen and oxygen atoms in total. The number of aromatic amines is 1. The van der Waals surface area contributed by atoms with Crippen molar-refractivity contribution in [1.29, 1.82) is 0 Å². The number of imidazole rings is 1. The number of benzene rings is 1. The third-order valence-electron chi connectivity index (χ3n) is 5.15. The number of nitrogens with one attached hydrogen (secondary N) is 2. The molecule has 2 heterocycles. The lowest BCUT2D eigenvalue weighted by atomic mass is 9.99. The molecule has 0 spiro atoms. The summed E-state index contributed by atoms with van der Waals surface area (Å²) in [5.74, 6) is 1.52. The number of hydrogen-bond donors (Lipinski definition) is 2. The summed E-state index contributed by atoms with van der Waals surface area (Å²) in [6, 6.07) is 9.13. The third-order valence-corrected chi connectivity index (χ3v) is 5.15. The number of methoxy groups -OCH3 is 1. The summed E-state index contributed by atoms with van der Waals surface area (Å²) in [5.41, 5.74) is 1.72. The topological polar surface area (TPSA) is 70.2 Å². The largest absolute Gasteiger partial charge is 0.497 e. The normalized spacial score (nSPS) is 23.6. The number of nitrogens with zero attached hydrogens (tertiary/aromatic N) is 2. The molecule has 0 radical (unpaired) electrons. The average Bonchev–Trinajstić information content (AvgIpc) is 3.24. The second-order valence-corrected chi connectivity index (χ2v) is 6.94. The molecule has 25 heavy (non-hydrogen) atoms. The number of hydrogen-bond acceptors (Lipinski definition) is 4. The number of aromatic nitrogens is 2. The number of aryl methyl sites for hydroxylation is 1. The molecular formula is C19H24N4O2. The average molecular weight is 340 g/mol. The Balaban J connectivity index is 1.58. The predicted octanol–water partition coefficient (Wildman–Crippen LogP) is 2.43. The van der Waals surface area contributed by atoms with E-state index >= 15 is 0 Å². The molecular weight excluding hydrogens is 316 g/mol. The van der Waals surface area contributed by atoms with Gasteiger partial charge < -0.3 is 15.0 Å². The minimum atomic E-state index is -0.0869. The summed E-state index contributed by atoms with van der Waals surface area (Å²) in [4.78, 5) is 22.3. The monoisotopic (exact) mass is 340 g/mol. The van der Waals surface area contributed by atoms with Gasteiger partial charge in [-0.15, -0.1) is 0 Å². The van der Waals surface area contributed by atoms with Crippen molar-refractivity contribution in [2.24, 2.45) is 0 Å². The molecule has 1 saturated carbocycles. The van der Waals surface area contributed by atoms with Crippen LogP contribution in [0.1, 0.15) is 47.2 Å². The van der Waals surface area contributed by atoms with Gasteiger partial charge in [-0.3, -0.25) is 9.69 Å². The van der Waals surface area contributed by atoms with Crippen molar-refractivity contribution in [2.75, 3.05) is 13.7 Å². The first-order chi connectivity index (χ1) is 12.2. The van der Waals surface area contributed by atoms with Crippen LogP contribution >= 0.6 is 0 Å². The van der Waals surface area contributed by atoms with Crippen LogP contribution in [0.15, 0.2) is 30.5 Å². The lowest BCUT2D eigenvalue weighted by Gasteiger charge is -2.29. The molecule has 4 rings (SSSR count). The number of carbonyl (C=O) groups excluding carboxylic acids is 1. The number of rotatable bonds is 5. The Kier molecular flexibility index (Phi) is 4.21. The van der Waals surface area contributed by atoms with Gasteiger partial charge in [0.15, 0.2) is 0 Å². The lowest BCUT2D eigenvalue weighted by molar-refractivity contribution is 0.0919. The van der Waals surface area contributed by atoms with Crippen molar-refractivity contribution < 1.29 is 9.53 Å². The summed E-state index contributed by atoms with van der Waals surface area (Å²) >= 11 is 0. The van der Waals surface area contributed by atoms with Crippen LogP contribution in [-0.4, -0.2) is 46.5 Å². The van der Waals surface area contributed by atoms with E-state index in [-0.39, 0.29) is 18.0 Å². The molecule has 1 aliphatic carbocycles. The van der Waals surface area contributed by atoms with Gasteiger partial charge in [-0.1, -0.05) is 12.1 Å². The quantitative estimate of drug-likeness (QED) is 0.877. The first-order valence-electron chi connectivity index (χ1n) is 8.88. The van der Waals surface area contributed by atoms with Gasteiger partial charge >= 0.3 is 0 Å². The zero-order chi connectivity index (χ0) is 17.4. The van der Waals surface area contributed by atoms with Gasteiger partial charge in [0.1, 0.15) is 17.3 Å². The number of H-pyrrole nitrogens is 1. The Labute approximate surface area is 147 Å². The fourth-order valence-corrected chi connectivity index (χ4v) is 3.81. The second kappa shape index (κ2) is 6.52. The molecule has 2 fully saturated rings. The first kappa shape index (κ1) is 16.1.